The lowest BCUT2D eigenvalue weighted by Crippen LogP contribution is -2.41. The second-order valence-corrected chi connectivity index (χ2v) is 8.50. The number of aromatic amines is 1. The topological polar surface area (TPSA) is 128 Å². The van der Waals surface area contributed by atoms with Gasteiger partial charge in [-0.1, -0.05) is 6.07 Å². The molecule has 4 rings (SSSR count). The third kappa shape index (κ3) is 5.64. The van der Waals surface area contributed by atoms with Gasteiger partial charge in [-0.3, -0.25) is 19.0 Å². The molecular formula is C24H23N5O5S. The summed E-state index contributed by atoms with van der Waals surface area (Å²) in [6, 6.07) is 14.0. The number of ether oxygens (including phenoxy) is 1. The van der Waals surface area contributed by atoms with Crippen LogP contribution in [0.1, 0.15) is 22.2 Å². The lowest BCUT2D eigenvalue weighted by molar-refractivity contribution is 0.0949. The molecule has 1 aromatic carbocycles. The molecule has 0 aliphatic heterocycles. The number of hydrogen-bond acceptors (Lipinski definition) is 7. The molecule has 0 aliphatic carbocycles. The van der Waals surface area contributed by atoms with Gasteiger partial charge in [0.2, 0.25) is 0 Å². The summed E-state index contributed by atoms with van der Waals surface area (Å²) < 4.78 is 7.66. The first-order valence-corrected chi connectivity index (χ1v) is 11.8. The van der Waals surface area contributed by atoms with Crippen molar-refractivity contribution in [1.29, 1.82) is 0 Å². The van der Waals surface area contributed by atoms with E-state index in [2.05, 4.69) is 15.4 Å². The van der Waals surface area contributed by atoms with Gasteiger partial charge in [-0.15, -0.1) is 11.3 Å². The zero-order valence-electron chi connectivity index (χ0n) is 18.9. The molecule has 2 N–H and O–H groups in total. The molecule has 1 amide bonds. The highest BCUT2D eigenvalue weighted by molar-refractivity contribution is 7.09. The molecule has 10 nitrogen and oxygen atoms in total. The van der Waals surface area contributed by atoms with E-state index < -0.39 is 17.2 Å². The van der Waals surface area contributed by atoms with Gasteiger partial charge in [0.1, 0.15) is 11.3 Å². The predicted molar refractivity (Wildman–Crippen MR) is 132 cm³/mol. The van der Waals surface area contributed by atoms with Crippen LogP contribution in [0.3, 0.4) is 0 Å². The van der Waals surface area contributed by atoms with Crippen LogP contribution in [-0.2, 0) is 13.1 Å². The van der Waals surface area contributed by atoms with Gasteiger partial charge < -0.3 is 15.0 Å². The molecule has 4 aromatic rings. The first kappa shape index (κ1) is 23.9. The second-order valence-electron chi connectivity index (χ2n) is 7.47. The van der Waals surface area contributed by atoms with E-state index in [1.165, 1.54) is 22.1 Å². The Labute approximate surface area is 203 Å². The molecule has 0 fully saturated rings. The Balaban J connectivity index is 1.44. The van der Waals surface area contributed by atoms with Crippen molar-refractivity contribution in [3.8, 4) is 17.0 Å². The van der Waals surface area contributed by atoms with E-state index in [9.17, 15) is 19.2 Å². The summed E-state index contributed by atoms with van der Waals surface area (Å²) in [5.74, 6) is 0.0888. The van der Waals surface area contributed by atoms with Crippen molar-refractivity contribution in [2.45, 2.75) is 20.0 Å². The van der Waals surface area contributed by atoms with Crippen molar-refractivity contribution in [1.82, 2.24) is 24.6 Å². The van der Waals surface area contributed by atoms with Crippen LogP contribution < -0.4 is 26.9 Å². The molecule has 3 aromatic heterocycles. The largest absolute Gasteiger partial charge is 0.494 e. The summed E-state index contributed by atoms with van der Waals surface area (Å²) in [5.41, 5.74) is -0.392. The number of aromatic nitrogens is 4. The Kier molecular flexibility index (Phi) is 7.36. The summed E-state index contributed by atoms with van der Waals surface area (Å²) in [7, 11) is 0. The van der Waals surface area contributed by atoms with Gasteiger partial charge in [0.15, 0.2) is 0 Å². The first-order chi connectivity index (χ1) is 17.0. The Morgan fingerprint density at radius 3 is 2.63 bits per heavy atom. The van der Waals surface area contributed by atoms with Gasteiger partial charge in [-0.05, 0) is 48.7 Å². The SMILES string of the molecule is CCOc1ccc(-c2ccc(=O)n(CCNC(=O)c3c[nH]c(=O)n(Cc4cccs4)c3=O)n2)cc1. The number of carbonyl (C=O) groups is 1. The van der Waals surface area contributed by atoms with Crippen LogP contribution in [0.4, 0.5) is 0 Å². The van der Waals surface area contributed by atoms with E-state index in [1.54, 1.807) is 12.1 Å². The summed E-state index contributed by atoms with van der Waals surface area (Å²) in [6.45, 7) is 2.70. The molecular weight excluding hydrogens is 470 g/mol. The molecule has 0 saturated carbocycles. The third-order valence-corrected chi connectivity index (χ3v) is 6.00. The number of H-pyrrole nitrogens is 1. The van der Waals surface area contributed by atoms with Gasteiger partial charge >= 0.3 is 5.69 Å². The Bertz CT molecular complexity index is 1490. The fraction of sp³-hybridized carbons (Fsp3) is 0.208. The predicted octanol–water partition coefficient (Wildman–Crippen LogP) is 1.70. The molecule has 0 saturated heterocycles. The highest BCUT2D eigenvalue weighted by Gasteiger charge is 2.15. The number of thiophene rings is 1. The van der Waals surface area contributed by atoms with Crippen LogP contribution in [0.2, 0.25) is 0 Å². The van der Waals surface area contributed by atoms with Crippen LogP contribution in [0.25, 0.3) is 11.3 Å². The molecule has 0 bridgehead atoms. The van der Waals surface area contributed by atoms with Gasteiger partial charge in [0.25, 0.3) is 17.0 Å². The number of nitrogens with zero attached hydrogens (tertiary/aromatic N) is 3. The van der Waals surface area contributed by atoms with E-state index in [4.69, 9.17) is 4.74 Å². The summed E-state index contributed by atoms with van der Waals surface area (Å²) in [6.07, 6.45) is 1.10. The summed E-state index contributed by atoms with van der Waals surface area (Å²) in [5, 5.41) is 8.83. The number of carbonyl (C=O) groups excluding carboxylic acids is 1. The summed E-state index contributed by atoms with van der Waals surface area (Å²) in [4.78, 5) is 52.9. The average molecular weight is 494 g/mol. The maximum absolute atomic E-state index is 12.7. The van der Waals surface area contributed by atoms with Crippen molar-refractivity contribution < 1.29 is 9.53 Å². The Morgan fingerprint density at radius 2 is 1.91 bits per heavy atom. The first-order valence-electron chi connectivity index (χ1n) is 10.9. The minimum Gasteiger partial charge on any atom is -0.494 e. The second kappa shape index (κ2) is 10.8. The maximum atomic E-state index is 12.7. The monoisotopic (exact) mass is 493 g/mol. The molecule has 0 spiro atoms. The Hall–Kier alpha value is -4.25. The normalized spacial score (nSPS) is 10.8. The van der Waals surface area contributed by atoms with E-state index >= 15 is 0 Å². The molecule has 11 heteroatoms. The zero-order chi connectivity index (χ0) is 24.8. The smallest absolute Gasteiger partial charge is 0.328 e. The molecule has 35 heavy (non-hydrogen) atoms. The standard InChI is InChI=1S/C24H23N5O5S/c1-2-34-17-7-5-16(6-8-17)20-9-10-21(30)29(27-20)12-11-25-22(31)19-14-26-24(33)28(23(19)32)15-18-4-3-13-35-18/h3-10,13-14H,2,11-12,15H2,1H3,(H,25,31)(H,26,33). The van der Waals surface area contributed by atoms with Crippen LogP contribution in [0, 0.1) is 0 Å². The van der Waals surface area contributed by atoms with Crippen LogP contribution in [0.15, 0.2) is 74.5 Å². The van der Waals surface area contributed by atoms with Gasteiger partial charge in [-0.2, -0.15) is 5.10 Å². The quantitative estimate of drug-likeness (QED) is 0.365. The number of hydrogen-bond donors (Lipinski definition) is 2. The average Bonchev–Trinajstić information content (AvgIpc) is 3.37. The van der Waals surface area contributed by atoms with Crippen LogP contribution in [0.5, 0.6) is 5.75 Å². The van der Waals surface area contributed by atoms with Crippen molar-refractivity contribution in [2.75, 3.05) is 13.2 Å². The summed E-state index contributed by atoms with van der Waals surface area (Å²) >= 11 is 1.41. The number of rotatable bonds is 9. The Morgan fingerprint density at radius 1 is 1.11 bits per heavy atom. The maximum Gasteiger partial charge on any atom is 0.328 e. The minimum atomic E-state index is -0.688. The van der Waals surface area contributed by atoms with Crippen molar-refractivity contribution in [3.05, 3.63) is 102 Å². The van der Waals surface area contributed by atoms with E-state index in [-0.39, 0.29) is 30.8 Å². The number of nitrogens with one attached hydrogen (secondary N) is 2. The van der Waals surface area contributed by atoms with Crippen molar-refractivity contribution in [2.24, 2.45) is 0 Å². The highest BCUT2D eigenvalue weighted by Crippen LogP contribution is 2.19. The van der Waals surface area contributed by atoms with Crippen molar-refractivity contribution >= 4 is 17.2 Å². The molecule has 3 heterocycles. The lowest BCUT2D eigenvalue weighted by atomic mass is 10.1. The zero-order valence-corrected chi connectivity index (χ0v) is 19.7. The third-order valence-electron chi connectivity index (χ3n) is 5.14. The fourth-order valence-corrected chi connectivity index (χ4v) is 4.09. The molecule has 0 radical (unpaired) electrons. The van der Waals surface area contributed by atoms with Gasteiger partial charge in [0.05, 0.1) is 25.4 Å². The van der Waals surface area contributed by atoms with E-state index in [0.717, 1.165) is 27.0 Å². The molecule has 0 unspecified atom stereocenters. The van der Waals surface area contributed by atoms with E-state index in [1.807, 2.05) is 42.6 Å². The van der Waals surface area contributed by atoms with Crippen molar-refractivity contribution in [3.63, 3.8) is 0 Å². The van der Waals surface area contributed by atoms with Gasteiger partial charge in [0, 0.05) is 29.2 Å². The minimum absolute atomic E-state index is 0.0575. The molecule has 0 aliphatic rings. The lowest BCUT2D eigenvalue weighted by Gasteiger charge is -2.10. The molecule has 0 atom stereocenters. The van der Waals surface area contributed by atoms with Gasteiger partial charge in [-0.25, -0.2) is 9.48 Å². The number of amides is 1. The molecule has 180 valence electrons. The number of benzene rings is 1. The highest BCUT2D eigenvalue weighted by atomic mass is 32.1. The fourth-order valence-electron chi connectivity index (χ4n) is 3.40. The van der Waals surface area contributed by atoms with Crippen LogP contribution in [-0.4, -0.2) is 38.4 Å². The van der Waals surface area contributed by atoms with E-state index in [0.29, 0.717) is 12.3 Å². The van der Waals surface area contributed by atoms with Crippen LogP contribution >= 0.6 is 11.3 Å².